The van der Waals surface area contributed by atoms with E-state index in [0.717, 1.165) is 5.56 Å². The van der Waals surface area contributed by atoms with E-state index >= 15 is 0 Å². The molecule has 158 valence electrons. The minimum Gasteiger partial charge on any atom is -0.461 e. The van der Waals surface area contributed by atoms with Crippen LogP contribution < -0.4 is 10.1 Å². The molecule has 1 fully saturated rings. The third-order valence-electron chi connectivity index (χ3n) is 4.62. The van der Waals surface area contributed by atoms with Crippen molar-refractivity contribution in [1.29, 1.82) is 0 Å². The van der Waals surface area contributed by atoms with Crippen LogP contribution in [0.15, 0.2) is 24.5 Å². The second-order valence-electron chi connectivity index (χ2n) is 8.23. The summed E-state index contributed by atoms with van der Waals surface area (Å²) in [6, 6.07) is 4.13. The number of hydrogen-bond acceptors (Lipinski definition) is 8. The highest BCUT2D eigenvalue weighted by Gasteiger charge is 2.39. The summed E-state index contributed by atoms with van der Waals surface area (Å²) in [5.41, 5.74) is 1.57. The highest BCUT2D eigenvalue weighted by atomic mass is 35.5. The number of carbonyl (C=O) groups excluding carboxylic acids is 1. The number of aromatic amines is 1. The Balaban J connectivity index is 1.41. The number of esters is 1. The van der Waals surface area contributed by atoms with Crippen LogP contribution in [0.2, 0.25) is 5.28 Å². The Kier molecular flexibility index (Phi) is 5.46. The maximum absolute atomic E-state index is 12.1. The Hall–Kier alpha value is -2.94. The van der Waals surface area contributed by atoms with Gasteiger partial charge in [0.1, 0.15) is 11.7 Å². The van der Waals surface area contributed by atoms with Gasteiger partial charge in [0, 0.05) is 18.9 Å². The van der Waals surface area contributed by atoms with Gasteiger partial charge in [0.15, 0.2) is 17.0 Å². The Morgan fingerprint density at radius 3 is 2.67 bits per heavy atom. The molecule has 0 saturated heterocycles. The Morgan fingerprint density at radius 2 is 1.97 bits per heavy atom. The molecule has 3 aromatic rings. The van der Waals surface area contributed by atoms with E-state index in [1.165, 1.54) is 0 Å². The van der Waals surface area contributed by atoms with Gasteiger partial charge in [-0.2, -0.15) is 15.0 Å². The first-order valence-corrected chi connectivity index (χ1v) is 10.1. The van der Waals surface area contributed by atoms with Crippen molar-refractivity contribution in [3.8, 4) is 6.01 Å². The number of fused-ring (bicyclic) bond motifs is 1. The van der Waals surface area contributed by atoms with Crippen molar-refractivity contribution in [2.24, 2.45) is 5.92 Å². The number of pyridine rings is 1. The van der Waals surface area contributed by atoms with E-state index in [4.69, 9.17) is 21.1 Å². The first-order chi connectivity index (χ1) is 14.3. The first-order valence-electron chi connectivity index (χ1n) is 9.72. The third-order valence-corrected chi connectivity index (χ3v) is 4.79. The second-order valence-corrected chi connectivity index (χ2v) is 8.57. The molecule has 0 atom stereocenters. The third kappa shape index (κ3) is 4.79. The summed E-state index contributed by atoms with van der Waals surface area (Å²) >= 11 is 6.05. The number of carbonyl (C=O) groups is 1. The van der Waals surface area contributed by atoms with Gasteiger partial charge in [-0.25, -0.2) is 0 Å². The van der Waals surface area contributed by atoms with Gasteiger partial charge in [-0.15, -0.1) is 0 Å². The van der Waals surface area contributed by atoms with Crippen LogP contribution in [0, 0.1) is 5.92 Å². The van der Waals surface area contributed by atoms with Crippen LogP contribution in [-0.2, 0) is 16.1 Å². The highest BCUT2D eigenvalue weighted by molar-refractivity contribution is 6.28. The van der Waals surface area contributed by atoms with Gasteiger partial charge in [-0.3, -0.25) is 14.8 Å². The minimum absolute atomic E-state index is 0.101. The van der Waals surface area contributed by atoms with Crippen LogP contribution in [-0.4, -0.2) is 42.6 Å². The van der Waals surface area contributed by atoms with Crippen LogP contribution in [0.3, 0.4) is 0 Å². The molecule has 4 rings (SSSR count). The molecule has 1 aliphatic rings. The lowest BCUT2D eigenvalue weighted by Crippen LogP contribution is -2.41. The molecule has 3 heterocycles. The van der Waals surface area contributed by atoms with Crippen LogP contribution in [0.1, 0.15) is 39.2 Å². The molecular formula is C20H23ClN6O3. The van der Waals surface area contributed by atoms with E-state index in [-0.39, 0.29) is 23.3 Å². The van der Waals surface area contributed by atoms with Gasteiger partial charge < -0.3 is 14.8 Å². The van der Waals surface area contributed by atoms with Gasteiger partial charge >= 0.3 is 5.97 Å². The van der Waals surface area contributed by atoms with Gasteiger partial charge in [-0.05, 0) is 62.9 Å². The molecule has 0 aliphatic heterocycles. The Morgan fingerprint density at radius 1 is 1.23 bits per heavy atom. The fourth-order valence-corrected chi connectivity index (χ4v) is 3.28. The Bertz CT molecular complexity index is 1040. The van der Waals surface area contributed by atoms with Crippen LogP contribution >= 0.6 is 11.6 Å². The molecule has 30 heavy (non-hydrogen) atoms. The standard InChI is InChI=1S/C20H23ClN6O3/c1-20(2,3)30-17(28)12-8-13(9-12)29-19-24-14-15(25-18(21)26-16(14)27-19)23-10-11-4-6-22-7-5-11/h4-7,12-13H,8-10H2,1-3H3,(H2,23,24,25,26,27). The quantitative estimate of drug-likeness (QED) is 0.451. The molecule has 0 radical (unpaired) electrons. The molecule has 0 amide bonds. The van der Waals surface area contributed by atoms with E-state index in [2.05, 4.69) is 30.2 Å². The summed E-state index contributed by atoms with van der Waals surface area (Å²) in [7, 11) is 0. The van der Waals surface area contributed by atoms with E-state index in [0.29, 0.717) is 42.4 Å². The molecular weight excluding hydrogens is 408 g/mol. The fraction of sp³-hybridized carbons (Fsp3) is 0.450. The smallest absolute Gasteiger partial charge is 0.309 e. The zero-order chi connectivity index (χ0) is 21.3. The molecule has 9 nitrogen and oxygen atoms in total. The summed E-state index contributed by atoms with van der Waals surface area (Å²) < 4.78 is 11.3. The van der Waals surface area contributed by atoms with Crippen molar-refractivity contribution in [2.75, 3.05) is 5.32 Å². The molecule has 1 saturated carbocycles. The normalized spacial score (nSPS) is 18.7. The van der Waals surface area contributed by atoms with Gasteiger partial charge in [-0.1, -0.05) is 0 Å². The van der Waals surface area contributed by atoms with Crippen LogP contribution in [0.5, 0.6) is 6.01 Å². The number of nitrogens with zero attached hydrogens (tertiary/aromatic N) is 4. The van der Waals surface area contributed by atoms with E-state index in [1.807, 2.05) is 32.9 Å². The lowest BCUT2D eigenvalue weighted by atomic mass is 9.82. The highest BCUT2D eigenvalue weighted by Crippen LogP contribution is 2.33. The maximum Gasteiger partial charge on any atom is 0.309 e. The second kappa shape index (κ2) is 8.06. The molecule has 0 aromatic carbocycles. The number of rotatable bonds is 6. The number of H-pyrrole nitrogens is 1. The SMILES string of the molecule is CC(C)(C)OC(=O)C1CC(Oc2nc3c(NCc4ccncc4)nc(Cl)nc3[nH]2)C1. The molecule has 1 aliphatic carbocycles. The lowest BCUT2D eigenvalue weighted by molar-refractivity contribution is -0.166. The number of hydrogen-bond donors (Lipinski definition) is 2. The lowest BCUT2D eigenvalue weighted by Gasteiger charge is -2.34. The van der Waals surface area contributed by atoms with Gasteiger partial charge in [0.05, 0.1) is 5.92 Å². The van der Waals surface area contributed by atoms with E-state index in [1.54, 1.807) is 12.4 Å². The molecule has 0 spiro atoms. The number of anilines is 1. The van der Waals surface area contributed by atoms with Crippen molar-refractivity contribution >= 4 is 34.6 Å². The average Bonchev–Trinajstić information content (AvgIpc) is 3.04. The summed E-state index contributed by atoms with van der Waals surface area (Å²) in [6.07, 6.45) is 4.52. The molecule has 0 unspecified atom stereocenters. The summed E-state index contributed by atoms with van der Waals surface area (Å²) in [5, 5.41) is 3.32. The van der Waals surface area contributed by atoms with Gasteiger partial charge in [0.2, 0.25) is 5.28 Å². The maximum atomic E-state index is 12.1. The number of halogens is 1. The topological polar surface area (TPSA) is 115 Å². The van der Waals surface area contributed by atoms with Crippen LogP contribution in [0.25, 0.3) is 11.2 Å². The number of nitrogens with one attached hydrogen (secondary N) is 2. The predicted molar refractivity (Wildman–Crippen MR) is 111 cm³/mol. The average molecular weight is 431 g/mol. The van der Waals surface area contributed by atoms with Crippen molar-refractivity contribution < 1.29 is 14.3 Å². The van der Waals surface area contributed by atoms with E-state index in [9.17, 15) is 4.79 Å². The number of imidazole rings is 1. The van der Waals surface area contributed by atoms with Crippen LogP contribution in [0.4, 0.5) is 5.82 Å². The predicted octanol–water partition coefficient (Wildman–Crippen LogP) is 3.51. The van der Waals surface area contributed by atoms with Crippen molar-refractivity contribution in [3.63, 3.8) is 0 Å². The fourth-order valence-electron chi connectivity index (χ4n) is 3.11. The minimum atomic E-state index is -0.487. The molecule has 3 aromatic heterocycles. The first kappa shape index (κ1) is 20.3. The molecule has 10 heteroatoms. The molecule has 0 bridgehead atoms. The van der Waals surface area contributed by atoms with Crippen molar-refractivity contribution in [1.82, 2.24) is 24.9 Å². The summed E-state index contributed by atoms with van der Waals surface area (Å²) in [5.74, 6) is 0.172. The summed E-state index contributed by atoms with van der Waals surface area (Å²) in [6.45, 7) is 6.11. The van der Waals surface area contributed by atoms with E-state index < -0.39 is 5.60 Å². The van der Waals surface area contributed by atoms with Crippen molar-refractivity contribution in [2.45, 2.75) is 51.9 Å². The zero-order valence-electron chi connectivity index (χ0n) is 17.0. The number of ether oxygens (including phenoxy) is 2. The van der Waals surface area contributed by atoms with Gasteiger partial charge in [0.25, 0.3) is 6.01 Å². The largest absolute Gasteiger partial charge is 0.461 e. The van der Waals surface area contributed by atoms with Crippen molar-refractivity contribution in [3.05, 3.63) is 35.4 Å². The number of aromatic nitrogens is 5. The Labute approximate surface area is 178 Å². The summed E-state index contributed by atoms with van der Waals surface area (Å²) in [4.78, 5) is 32.0. The monoisotopic (exact) mass is 430 g/mol. The zero-order valence-corrected chi connectivity index (χ0v) is 17.7. The molecule has 2 N–H and O–H groups in total.